The van der Waals surface area contributed by atoms with Gasteiger partial charge < -0.3 is 15.2 Å². The van der Waals surface area contributed by atoms with Gasteiger partial charge in [-0.05, 0) is 30.7 Å². The van der Waals surface area contributed by atoms with Crippen molar-refractivity contribution in [3.8, 4) is 0 Å². The summed E-state index contributed by atoms with van der Waals surface area (Å²) >= 11 is 0. The van der Waals surface area contributed by atoms with Crippen molar-refractivity contribution in [3.63, 3.8) is 0 Å². The lowest BCUT2D eigenvalue weighted by atomic mass is 9.80. The Morgan fingerprint density at radius 2 is 2.11 bits per heavy atom. The molecular formula is C16H23NO2. The lowest BCUT2D eigenvalue weighted by molar-refractivity contribution is -0.101. The fourth-order valence-electron chi connectivity index (χ4n) is 3.35. The predicted octanol–water partition coefficient (Wildman–Crippen LogP) is 2.14. The highest BCUT2D eigenvalue weighted by molar-refractivity contribution is 5.16. The van der Waals surface area contributed by atoms with Crippen LogP contribution in [0.5, 0.6) is 0 Å². The SMILES string of the molecule is NC(Cc1ccccc1)C1CCOC2(CCOC2)C1. The Hall–Kier alpha value is -0.900. The third kappa shape index (κ3) is 2.99. The summed E-state index contributed by atoms with van der Waals surface area (Å²) in [7, 11) is 0. The maximum atomic E-state index is 6.44. The molecule has 1 aromatic rings. The first-order chi connectivity index (χ1) is 9.27. The van der Waals surface area contributed by atoms with E-state index in [1.165, 1.54) is 5.56 Å². The minimum absolute atomic E-state index is 0.0305. The molecule has 1 aromatic carbocycles. The van der Waals surface area contributed by atoms with E-state index in [1.807, 2.05) is 6.07 Å². The van der Waals surface area contributed by atoms with Crippen LogP contribution >= 0.6 is 0 Å². The van der Waals surface area contributed by atoms with Gasteiger partial charge in [0.1, 0.15) is 0 Å². The maximum Gasteiger partial charge on any atom is 0.0939 e. The molecule has 0 aromatic heterocycles. The molecule has 2 aliphatic rings. The smallest absolute Gasteiger partial charge is 0.0939 e. The molecule has 2 fully saturated rings. The van der Waals surface area contributed by atoms with Crippen LogP contribution in [0.1, 0.15) is 24.8 Å². The zero-order valence-corrected chi connectivity index (χ0v) is 11.4. The first-order valence-electron chi connectivity index (χ1n) is 7.29. The van der Waals surface area contributed by atoms with E-state index in [1.54, 1.807) is 0 Å². The van der Waals surface area contributed by atoms with Crippen molar-refractivity contribution in [2.24, 2.45) is 11.7 Å². The standard InChI is InChI=1S/C16H23NO2/c17-15(10-13-4-2-1-3-5-13)14-6-8-19-16(11-14)7-9-18-12-16/h1-5,14-15H,6-12,17H2. The van der Waals surface area contributed by atoms with Gasteiger partial charge in [0.05, 0.1) is 12.2 Å². The Balaban J connectivity index is 1.61. The number of hydrogen-bond acceptors (Lipinski definition) is 3. The third-order valence-electron chi connectivity index (χ3n) is 4.52. The summed E-state index contributed by atoms with van der Waals surface area (Å²) in [4.78, 5) is 0. The van der Waals surface area contributed by atoms with E-state index in [2.05, 4.69) is 24.3 Å². The summed E-state index contributed by atoms with van der Waals surface area (Å²) in [5.74, 6) is 0.552. The zero-order chi connectivity index (χ0) is 13.1. The van der Waals surface area contributed by atoms with Crippen molar-refractivity contribution in [2.75, 3.05) is 19.8 Å². The minimum Gasteiger partial charge on any atom is -0.378 e. The van der Waals surface area contributed by atoms with Crippen molar-refractivity contribution >= 4 is 0 Å². The van der Waals surface area contributed by atoms with Gasteiger partial charge in [-0.25, -0.2) is 0 Å². The molecule has 0 saturated carbocycles. The van der Waals surface area contributed by atoms with Gasteiger partial charge >= 0.3 is 0 Å². The second-order valence-electron chi connectivity index (χ2n) is 5.94. The highest BCUT2D eigenvalue weighted by atomic mass is 16.6. The van der Waals surface area contributed by atoms with E-state index < -0.39 is 0 Å². The van der Waals surface area contributed by atoms with Gasteiger partial charge in [0.25, 0.3) is 0 Å². The molecule has 0 radical (unpaired) electrons. The molecule has 2 heterocycles. The van der Waals surface area contributed by atoms with Crippen LogP contribution in [0.4, 0.5) is 0 Å². The fraction of sp³-hybridized carbons (Fsp3) is 0.625. The number of nitrogens with two attached hydrogens (primary N) is 1. The normalized spacial score (nSPS) is 32.6. The van der Waals surface area contributed by atoms with Crippen LogP contribution in [-0.4, -0.2) is 31.5 Å². The third-order valence-corrected chi connectivity index (χ3v) is 4.52. The molecule has 3 heteroatoms. The molecular weight excluding hydrogens is 238 g/mol. The Labute approximate surface area is 115 Å². The molecule has 3 atom stereocenters. The van der Waals surface area contributed by atoms with Crippen molar-refractivity contribution in [1.82, 2.24) is 0 Å². The molecule has 1 spiro atoms. The molecule has 104 valence electrons. The Kier molecular flexibility index (Phi) is 3.87. The molecule has 3 nitrogen and oxygen atoms in total. The average molecular weight is 261 g/mol. The highest BCUT2D eigenvalue weighted by Gasteiger charge is 2.42. The number of ether oxygens (including phenoxy) is 2. The topological polar surface area (TPSA) is 44.5 Å². The predicted molar refractivity (Wildman–Crippen MR) is 75.0 cm³/mol. The van der Waals surface area contributed by atoms with Crippen LogP contribution in [0, 0.1) is 5.92 Å². The fourth-order valence-corrected chi connectivity index (χ4v) is 3.35. The van der Waals surface area contributed by atoms with Crippen LogP contribution in [0.25, 0.3) is 0 Å². The van der Waals surface area contributed by atoms with Gasteiger partial charge in [-0.1, -0.05) is 30.3 Å². The van der Waals surface area contributed by atoms with E-state index in [9.17, 15) is 0 Å². The number of benzene rings is 1. The second kappa shape index (κ2) is 5.61. The Morgan fingerprint density at radius 3 is 2.84 bits per heavy atom. The maximum absolute atomic E-state index is 6.44. The molecule has 19 heavy (non-hydrogen) atoms. The van der Waals surface area contributed by atoms with Crippen molar-refractivity contribution in [1.29, 1.82) is 0 Å². The Morgan fingerprint density at radius 1 is 1.26 bits per heavy atom. The quantitative estimate of drug-likeness (QED) is 0.906. The van der Waals surface area contributed by atoms with Gasteiger partial charge in [-0.15, -0.1) is 0 Å². The first-order valence-corrected chi connectivity index (χ1v) is 7.29. The van der Waals surface area contributed by atoms with Crippen LogP contribution < -0.4 is 5.73 Å². The summed E-state index contributed by atoms with van der Waals surface area (Å²) in [5, 5.41) is 0. The van der Waals surface area contributed by atoms with Crippen LogP contribution in [0.3, 0.4) is 0 Å². The summed E-state index contributed by atoms with van der Waals surface area (Å²) in [5.41, 5.74) is 7.74. The monoisotopic (exact) mass is 261 g/mol. The van der Waals surface area contributed by atoms with Crippen molar-refractivity contribution in [3.05, 3.63) is 35.9 Å². The first kappa shape index (κ1) is 13.1. The molecule has 0 bridgehead atoms. The van der Waals surface area contributed by atoms with Gasteiger partial charge in [-0.2, -0.15) is 0 Å². The summed E-state index contributed by atoms with van der Waals surface area (Å²) < 4.78 is 11.5. The summed E-state index contributed by atoms with van der Waals surface area (Å²) in [6.07, 6.45) is 4.13. The molecule has 2 aliphatic heterocycles. The lowest BCUT2D eigenvalue weighted by Gasteiger charge is -2.39. The van der Waals surface area contributed by atoms with Crippen molar-refractivity contribution in [2.45, 2.75) is 37.3 Å². The molecule has 2 saturated heterocycles. The summed E-state index contributed by atoms with van der Waals surface area (Å²) in [6.45, 7) is 2.42. The van der Waals surface area contributed by atoms with E-state index in [4.69, 9.17) is 15.2 Å². The Bertz CT molecular complexity index is 400. The highest BCUT2D eigenvalue weighted by Crippen LogP contribution is 2.37. The largest absolute Gasteiger partial charge is 0.378 e. The number of hydrogen-bond donors (Lipinski definition) is 1. The van der Waals surface area contributed by atoms with E-state index in [0.29, 0.717) is 5.92 Å². The lowest BCUT2D eigenvalue weighted by Crippen LogP contribution is -2.46. The van der Waals surface area contributed by atoms with E-state index >= 15 is 0 Å². The molecule has 0 aliphatic carbocycles. The minimum atomic E-state index is -0.0305. The molecule has 3 rings (SSSR count). The van der Waals surface area contributed by atoms with Crippen LogP contribution in [0.2, 0.25) is 0 Å². The number of rotatable bonds is 3. The van der Waals surface area contributed by atoms with Crippen molar-refractivity contribution < 1.29 is 9.47 Å². The van der Waals surface area contributed by atoms with Gasteiger partial charge in [0.2, 0.25) is 0 Å². The van der Waals surface area contributed by atoms with Gasteiger partial charge in [0, 0.05) is 25.7 Å². The molecule has 3 unspecified atom stereocenters. The zero-order valence-electron chi connectivity index (χ0n) is 11.4. The van der Waals surface area contributed by atoms with E-state index in [0.717, 1.165) is 45.5 Å². The van der Waals surface area contributed by atoms with Crippen LogP contribution in [0.15, 0.2) is 30.3 Å². The van der Waals surface area contributed by atoms with E-state index in [-0.39, 0.29) is 11.6 Å². The van der Waals surface area contributed by atoms with Crippen LogP contribution in [-0.2, 0) is 15.9 Å². The molecule has 2 N–H and O–H groups in total. The average Bonchev–Trinajstić information content (AvgIpc) is 2.88. The summed E-state index contributed by atoms with van der Waals surface area (Å²) in [6, 6.07) is 10.8. The second-order valence-corrected chi connectivity index (χ2v) is 5.94. The molecule has 0 amide bonds. The van der Waals surface area contributed by atoms with Gasteiger partial charge in [-0.3, -0.25) is 0 Å². The van der Waals surface area contributed by atoms with Gasteiger partial charge in [0.15, 0.2) is 0 Å².